The van der Waals surface area contributed by atoms with Crippen molar-refractivity contribution in [1.29, 1.82) is 0 Å². The minimum Gasteiger partial charge on any atom is -0.490 e. The lowest BCUT2D eigenvalue weighted by molar-refractivity contribution is 0.296. The highest BCUT2D eigenvalue weighted by Crippen LogP contribution is 2.33. The van der Waals surface area contributed by atoms with E-state index < -0.39 is 0 Å². The van der Waals surface area contributed by atoms with Crippen molar-refractivity contribution in [2.45, 2.75) is 13.0 Å². The van der Waals surface area contributed by atoms with Gasteiger partial charge in [0.05, 0.1) is 31.3 Å². The van der Waals surface area contributed by atoms with Gasteiger partial charge in [-0.1, -0.05) is 12.1 Å². The Morgan fingerprint density at radius 3 is 2.84 bits per heavy atom. The van der Waals surface area contributed by atoms with E-state index in [0.29, 0.717) is 19.8 Å². The Morgan fingerprint density at radius 2 is 1.95 bits per heavy atom. The standard InChI is InChI=1S/C14H15N3O2/c1-3-11(7-17-12-8-15-10-16-9-12)14-13(4-1)18-5-2-6-19-14/h1,3-4,8-10,17H,2,5-7H2. The summed E-state index contributed by atoms with van der Waals surface area (Å²) in [6, 6.07) is 5.95. The molecule has 2 aromatic rings. The zero-order valence-electron chi connectivity index (χ0n) is 10.5. The van der Waals surface area contributed by atoms with Crippen molar-refractivity contribution in [3.05, 3.63) is 42.5 Å². The van der Waals surface area contributed by atoms with Crippen LogP contribution in [0, 0.1) is 0 Å². The van der Waals surface area contributed by atoms with Gasteiger partial charge in [-0.25, -0.2) is 9.97 Å². The maximum atomic E-state index is 5.77. The van der Waals surface area contributed by atoms with Gasteiger partial charge in [-0.05, 0) is 6.07 Å². The number of benzene rings is 1. The smallest absolute Gasteiger partial charge is 0.166 e. The van der Waals surface area contributed by atoms with E-state index in [-0.39, 0.29) is 0 Å². The number of hydrogen-bond donors (Lipinski definition) is 1. The average molecular weight is 257 g/mol. The topological polar surface area (TPSA) is 56.3 Å². The highest BCUT2D eigenvalue weighted by molar-refractivity contribution is 5.49. The maximum absolute atomic E-state index is 5.77. The van der Waals surface area contributed by atoms with Gasteiger partial charge in [0, 0.05) is 18.5 Å². The molecule has 1 aliphatic heterocycles. The van der Waals surface area contributed by atoms with Crippen molar-refractivity contribution in [2.24, 2.45) is 0 Å². The predicted octanol–water partition coefficient (Wildman–Crippen LogP) is 2.25. The molecule has 0 unspecified atom stereocenters. The fourth-order valence-electron chi connectivity index (χ4n) is 1.98. The van der Waals surface area contributed by atoms with Gasteiger partial charge in [0.1, 0.15) is 6.33 Å². The molecular weight excluding hydrogens is 242 g/mol. The summed E-state index contributed by atoms with van der Waals surface area (Å²) >= 11 is 0. The van der Waals surface area contributed by atoms with Crippen molar-refractivity contribution in [3.63, 3.8) is 0 Å². The molecule has 0 fully saturated rings. The number of nitrogens with zero attached hydrogens (tertiary/aromatic N) is 2. The molecule has 19 heavy (non-hydrogen) atoms. The summed E-state index contributed by atoms with van der Waals surface area (Å²) in [4.78, 5) is 7.94. The zero-order valence-corrected chi connectivity index (χ0v) is 10.5. The monoisotopic (exact) mass is 257 g/mol. The third kappa shape index (κ3) is 2.76. The average Bonchev–Trinajstić information content (AvgIpc) is 2.72. The Bertz CT molecular complexity index is 546. The summed E-state index contributed by atoms with van der Waals surface area (Å²) in [5, 5.41) is 3.27. The Hall–Kier alpha value is -2.30. The molecule has 0 radical (unpaired) electrons. The van der Waals surface area contributed by atoms with Gasteiger partial charge in [-0.3, -0.25) is 0 Å². The van der Waals surface area contributed by atoms with E-state index in [4.69, 9.17) is 9.47 Å². The van der Waals surface area contributed by atoms with E-state index >= 15 is 0 Å². The molecule has 98 valence electrons. The quantitative estimate of drug-likeness (QED) is 0.914. The van der Waals surface area contributed by atoms with Gasteiger partial charge in [-0.2, -0.15) is 0 Å². The number of hydrogen-bond acceptors (Lipinski definition) is 5. The van der Waals surface area contributed by atoms with Gasteiger partial charge < -0.3 is 14.8 Å². The molecule has 0 amide bonds. The normalized spacial score (nSPS) is 13.7. The lowest BCUT2D eigenvalue weighted by Gasteiger charge is -2.13. The van der Waals surface area contributed by atoms with Crippen LogP contribution in [0.4, 0.5) is 5.69 Å². The lowest BCUT2D eigenvalue weighted by Crippen LogP contribution is -2.04. The van der Waals surface area contributed by atoms with Crippen molar-refractivity contribution >= 4 is 5.69 Å². The molecule has 0 saturated carbocycles. The summed E-state index contributed by atoms with van der Waals surface area (Å²) in [6.07, 6.45) is 5.91. The third-order valence-electron chi connectivity index (χ3n) is 2.90. The molecule has 1 N–H and O–H groups in total. The number of aromatic nitrogens is 2. The molecule has 0 aliphatic carbocycles. The van der Waals surface area contributed by atoms with Gasteiger partial charge in [-0.15, -0.1) is 0 Å². The van der Waals surface area contributed by atoms with Crippen LogP contribution in [0.5, 0.6) is 11.5 Å². The Labute approximate surface area is 111 Å². The summed E-state index contributed by atoms with van der Waals surface area (Å²) < 4.78 is 11.4. The first-order valence-electron chi connectivity index (χ1n) is 6.30. The minimum absolute atomic E-state index is 0.653. The van der Waals surface area contributed by atoms with Gasteiger partial charge in [0.15, 0.2) is 11.5 Å². The lowest BCUT2D eigenvalue weighted by atomic mass is 10.2. The molecule has 3 rings (SSSR count). The van der Waals surface area contributed by atoms with E-state index in [1.807, 2.05) is 18.2 Å². The van der Waals surface area contributed by atoms with Crippen LogP contribution in [-0.2, 0) is 6.54 Å². The third-order valence-corrected chi connectivity index (χ3v) is 2.90. The first-order valence-corrected chi connectivity index (χ1v) is 6.30. The summed E-state index contributed by atoms with van der Waals surface area (Å²) in [5.74, 6) is 1.66. The summed E-state index contributed by atoms with van der Waals surface area (Å²) in [5.41, 5.74) is 1.96. The largest absolute Gasteiger partial charge is 0.490 e. The fourth-order valence-corrected chi connectivity index (χ4v) is 1.98. The number of rotatable bonds is 3. The predicted molar refractivity (Wildman–Crippen MR) is 71.4 cm³/mol. The van der Waals surface area contributed by atoms with Crippen molar-refractivity contribution in [2.75, 3.05) is 18.5 Å². The second-order valence-electron chi connectivity index (χ2n) is 4.28. The number of nitrogens with one attached hydrogen (secondary N) is 1. The molecule has 0 bridgehead atoms. The van der Waals surface area contributed by atoms with E-state index in [9.17, 15) is 0 Å². The van der Waals surface area contributed by atoms with Gasteiger partial charge >= 0.3 is 0 Å². The molecule has 2 heterocycles. The molecule has 5 heteroatoms. The molecule has 0 spiro atoms. The van der Waals surface area contributed by atoms with Crippen LogP contribution in [0.25, 0.3) is 0 Å². The van der Waals surface area contributed by atoms with Crippen LogP contribution < -0.4 is 14.8 Å². The van der Waals surface area contributed by atoms with Gasteiger partial charge in [0.25, 0.3) is 0 Å². The van der Waals surface area contributed by atoms with Crippen LogP contribution in [0.3, 0.4) is 0 Å². The van der Waals surface area contributed by atoms with Crippen LogP contribution >= 0.6 is 0 Å². The molecule has 0 atom stereocenters. The van der Waals surface area contributed by atoms with E-state index in [2.05, 4.69) is 15.3 Å². The minimum atomic E-state index is 0.653. The van der Waals surface area contributed by atoms with Crippen LogP contribution in [0.15, 0.2) is 36.9 Å². The van der Waals surface area contributed by atoms with Crippen molar-refractivity contribution in [3.8, 4) is 11.5 Å². The zero-order chi connectivity index (χ0) is 12.9. The molecule has 1 aliphatic rings. The van der Waals surface area contributed by atoms with Crippen molar-refractivity contribution < 1.29 is 9.47 Å². The number of fused-ring (bicyclic) bond motifs is 1. The van der Waals surface area contributed by atoms with E-state index in [1.165, 1.54) is 6.33 Å². The SMILES string of the molecule is c1cc(CNc2cncnc2)c2c(c1)OCCCO2. The van der Waals surface area contributed by atoms with E-state index in [0.717, 1.165) is 29.2 Å². The first-order chi connectivity index (χ1) is 9.43. The summed E-state index contributed by atoms with van der Waals surface area (Å²) in [7, 11) is 0. The second kappa shape index (κ2) is 5.56. The molecule has 1 aromatic heterocycles. The van der Waals surface area contributed by atoms with Crippen LogP contribution in [0.1, 0.15) is 12.0 Å². The first kappa shape index (κ1) is 11.8. The number of ether oxygens (including phenoxy) is 2. The highest BCUT2D eigenvalue weighted by atomic mass is 16.5. The van der Waals surface area contributed by atoms with Crippen LogP contribution in [0.2, 0.25) is 0 Å². The van der Waals surface area contributed by atoms with Crippen LogP contribution in [-0.4, -0.2) is 23.2 Å². The Morgan fingerprint density at radius 1 is 1.11 bits per heavy atom. The maximum Gasteiger partial charge on any atom is 0.166 e. The fraction of sp³-hybridized carbons (Fsp3) is 0.286. The Balaban J connectivity index is 1.78. The van der Waals surface area contributed by atoms with Gasteiger partial charge in [0.2, 0.25) is 0 Å². The number of para-hydroxylation sites is 1. The highest BCUT2D eigenvalue weighted by Gasteiger charge is 2.13. The molecule has 0 saturated heterocycles. The molecule has 5 nitrogen and oxygen atoms in total. The van der Waals surface area contributed by atoms with Crippen molar-refractivity contribution in [1.82, 2.24) is 9.97 Å². The number of anilines is 1. The molecule has 1 aromatic carbocycles. The van der Waals surface area contributed by atoms with E-state index in [1.54, 1.807) is 12.4 Å². The second-order valence-corrected chi connectivity index (χ2v) is 4.28. The molecular formula is C14H15N3O2. The Kier molecular flexibility index (Phi) is 3.45. The summed E-state index contributed by atoms with van der Waals surface area (Å²) in [6.45, 7) is 2.05.